The van der Waals surface area contributed by atoms with Crippen LogP contribution in [0.2, 0.25) is 0 Å². The van der Waals surface area contributed by atoms with E-state index in [0.717, 1.165) is 152 Å². The van der Waals surface area contributed by atoms with Gasteiger partial charge in [0.25, 0.3) is 0 Å². The van der Waals surface area contributed by atoms with Crippen molar-refractivity contribution in [1.82, 2.24) is 38.9 Å². The van der Waals surface area contributed by atoms with Crippen molar-refractivity contribution in [3.05, 3.63) is 431 Å². The van der Waals surface area contributed by atoms with E-state index >= 15 is 17.3 Å². The molecule has 7 aliphatic rings. The third kappa shape index (κ3) is 12.3. The summed E-state index contributed by atoms with van der Waals surface area (Å²) in [4.78, 5) is 25.9. The zero-order valence-corrected chi connectivity index (χ0v) is 69.2. The molecule has 0 aliphatic carbocycles. The first-order valence-electron chi connectivity index (χ1n) is 42.0. The Bertz CT molecular complexity index is 8130. The number of methoxy groups -OCH3 is 1. The molecule has 0 fully saturated rings. The molecule has 608 valence electrons. The van der Waals surface area contributed by atoms with Gasteiger partial charge in [0, 0.05) is 90.1 Å². The lowest BCUT2D eigenvalue weighted by atomic mass is 9.86. The molecule has 0 unspecified atom stereocenters. The summed E-state index contributed by atoms with van der Waals surface area (Å²) in [6.45, 7) is 0.857. The smallest absolute Gasteiger partial charge is 0.497 e. The minimum atomic E-state index is -4.82. The van der Waals surface area contributed by atoms with Gasteiger partial charge in [-0.1, -0.05) is 186 Å². The van der Waals surface area contributed by atoms with Crippen LogP contribution in [0.3, 0.4) is 0 Å². The summed E-state index contributed by atoms with van der Waals surface area (Å²) in [5, 5.41) is 2.77. The lowest BCUT2D eigenvalue weighted by Gasteiger charge is -2.32. The summed E-state index contributed by atoms with van der Waals surface area (Å²) in [5.74, 6) is 1.99. The summed E-state index contributed by atoms with van der Waals surface area (Å²) < 4.78 is 105. The monoisotopic (exact) mass is 1650 g/mol. The number of aromatic nitrogens is 8. The van der Waals surface area contributed by atoms with E-state index in [1.54, 1.807) is 104 Å². The van der Waals surface area contributed by atoms with Crippen molar-refractivity contribution in [3.8, 4) is 67.6 Å². The summed E-state index contributed by atoms with van der Waals surface area (Å²) in [6, 6.07) is 90.0. The predicted octanol–water partition coefficient (Wildman–Crippen LogP) is 20.9. The Hall–Kier alpha value is -16.0. The average Bonchev–Trinajstić information content (AvgIpc) is 1.52. The van der Waals surface area contributed by atoms with Crippen molar-refractivity contribution in [1.29, 1.82) is 0 Å². The zero-order chi connectivity index (χ0) is 85.1. The van der Waals surface area contributed by atoms with E-state index in [9.17, 15) is 0 Å². The third-order valence-electron chi connectivity index (χ3n) is 25.0. The maximum atomic E-state index is 18.7. The third-order valence-corrected chi connectivity index (χ3v) is 25.0. The van der Waals surface area contributed by atoms with E-state index in [2.05, 4.69) is 156 Å². The molecule has 14 nitrogen and oxygen atoms in total. The molecule has 16 aromatic rings. The van der Waals surface area contributed by atoms with Gasteiger partial charge in [0.1, 0.15) is 34.1 Å². The lowest BCUT2D eigenvalue weighted by molar-refractivity contribution is -0.370. The van der Waals surface area contributed by atoms with Crippen molar-refractivity contribution in [2.75, 3.05) is 7.11 Å². The first-order chi connectivity index (χ1) is 61.4. The van der Waals surface area contributed by atoms with Crippen LogP contribution in [0.15, 0.2) is 313 Å². The van der Waals surface area contributed by atoms with Gasteiger partial charge in [-0.15, -0.1) is 0 Å². The van der Waals surface area contributed by atoms with Crippen LogP contribution in [0.4, 0.5) is 17.3 Å². The Balaban J connectivity index is 0.636. The number of furan rings is 1. The van der Waals surface area contributed by atoms with E-state index < -0.39 is 13.9 Å². The summed E-state index contributed by atoms with van der Waals surface area (Å²) >= 11 is 0. The Morgan fingerprint density at radius 1 is 0.310 bits per heavy atom. The van der Waals surface area contributed by atoms with Crippen molar-refractivity contribution < 1.29 is 44.9 Å². The van der Waals surface area contributed by atoms with Crippen molar-refractivity contribution in [3.63, 3.8) is 0 Å². The predicted molar refractivity (Wildman–Crippen MR) is 493 cm³/mol. The number of nitrogens with zero attached hydrogens (tertiary/aromatic N) is 6. The fourth-order valence-electron chi connectivity index (χ4n) is 18.8. The number of aromatic amines is 4. The van der Waals surface area contributed by atoms with Gasteiger partial charge in [-0.05, 0) is 225 Å². The molecular formula is C106H76B2F4N10O4. The molecule has 0 saturated carbocycles. The van der Waals surface area contributed by atoms with Gasteiger partial charge in [0.15, 0.2) is 23.0 Å². The van der Waals surface area contributed by atoms with Crippen LogP contribution in [0.5, 0.6) is 23.1 Å². The van der Waals surface area contributed by atoms with Gasteiger partial charge >= 0.3 is 19.8 Å². The van der Waals surface area contributed by atoms with Crippen molar-refractivity contribution in [2.24, 2.45) is 0 Å². The highest BCUT2D eigenvalue weighted by Crippen LogP contribution is 2.46. The van der Waals surface area contributed by atoms with Crippen LogP contribution in [0, 0.1) is 45.3 Å². The van der Waals surface area contributed by atoms with Gasteiger partial charge in [0.05, 0.1) is 63.2 Å². The van der Waals surface area contributed by atoms with E-state index in [0.29, 0.717) is 72.4 Å². The Morgan fingerprint density at radius 2 is 0.690 bits per heavy atom. The maximum absolute atomic E-state index is 18.7. The Labute approximate surface area is 719 Å². The van der Waals surface area contributed by atoms with E-state index in [-0.39, 0.29) is 51.0 Å². The molecule has 16 bridgehead atoms. The first kappa shape index (κ1) is 75.1. The summed E-state index contributed by atoms with van der Waals surface area (Å²) in [5.41, 5.74) is 25.7. The maximum Gasteiger partial charge on any atom is 0.742 e. The van der Waals surface area contributed by atoms with E-state index in [1.807, 2.05) is 129 Å². The number of fused-ring (bicyclic) bond motifs is 16. The standard InChI is InChI=1S/C106H76B2F4N10O4/c1-61-7-17-66(18-8-61)99-79-43-45-81(115-79)100(67-19-9-62(2)10-20-67)83-47-49-85(117-83)102(86-50-48-84(118-86)101(82-46-44-80(99)116-82)68-21-11-63(3)12-22-68)69-29-35-75(36-30-69)124-97-59-55-93-106(72-27-33-74(123-6)34-28-72)94-56-60-98(122(94)108(111,112)121(93)97)125-76-37-31-73(32-38-76)105-91-53-51-89-77-39-41-87(113-77)103(70-23-13-64(4)14-24-70)95-57-58-96(126-95)104(71-25-15-65(5)16-26-71)88-42-40-78(114-88)90-52-54-92(105)120(90)107(109,110)119(89)91/h7-60,113-115,118H,1-6H3. The Kier molecular flexibility index (Phi) is 17.2. The Morgan fingerprint density at radius 3 is 1.17 bits per heavy atom. The van der Waals surface area contributed by atoms with Crippen LogP contribution in [-0.2, 0) is 0 Å². The number of hydrogen-bond donors (Lipinski definition) is 4. The minimum Gasteiger partial charge on any atom is -0.497 e. The highest BCUT2D eigenvalue weighted by molar-refractivity contribution is 6.60. The number of H-pyrrole nitrogens is 4. The van der Waals surface area contributed by atoms with Crippen LogP contribution in [0.25, 0.3) is 119 Å². The number of hydrogen-bond acceptors (Lipinski definition) is 6. The van der Waals surface area contributed by atoms with Gasteiger partial charge < -0.3 is 69.3 Å². The van der Waals surface area contributed by atoms with E-state index in [4.69, 9.17) is 28.6 Å². The van der Waals surface area contributed by atoms with Gasteiger partial charge in [0.2, 0.25) is 0 Å². The first-order valence-corrected chi connectivity index (χ1v) is 42.0. The largest absolute Gasteiger partial charge is 0.742 e. The molecule has 15 heterocycles. The second-order valence-electron chi connectivity index (χ2n) is 33.0. The van der Waals surface area contributed by atoms with Gasteiger partial charge in [-0.25, -0.2) is 9.97 Å². The highest BCUT2D eigenvalue weighted by atomic mass is 19.3. The van der Waals surface area contributed by atoms with Crippen LogP contribution in [-0.4, -0.2) is 80.5 Å². The highest BCUT2D eigenvalue weighted by Gasteiger charge is 2.57. The second kappa shape index (κ2) is 28.9. The molecule has 0 radical (unpaired) electrons. The van der Waals surface area contributed by atoms with Crippen LogP contribution >= 0.6 is 0 Å². The molecule has 0 atom stereocenters. The number of allylic oxidation sites excluding steroid dienone is 2. The van der Waals surface area contributed by atoms with E-state index in [1.165, 1.54) is 0 Å². The fraction of sp³-hybridized carbons (Fsp3) is 0.0566. The molecule has 8 aromatic heterocycles. The fourth-order valence-corrected chi connectivity index (χ4v) is 18.8. The molecule has 0 saturated heterocycles. The SMILES string of the molecule is COc1ccc(C2=C3C=CC(Oc4ccc(C5=c6ccc7n6[B-](F)(F)[N+]6=C5C=CC6=c5ccc([nH]5)=C(c5ccc(C)cc5)c5ccc(o5)C(c5ccc(C)cc5)=c5ccc=7[nH]5)cc4)=[N+]3[B-](F)(F)n3c(Oc4ccc(-c5c6nc(c(-c7ccc(C)cc7)c7ccc([nH]7)c(-c7ccc(C)cc7)c7nc(c(-c8ccc(C)cc8)c8ccc5[nH]8)C=C7)C=C6)cc4)ccc32)cc1. The number of benzene rings is 8. The molecular weight excluding hydrogens is 1570 g/mol. The molecule has 0 amide bonds. The molecule has 23 rings (SSSR count). The number of rotatable bonds is 12. The zero-order valence-electron chi connectivity index (χ0n) is 69.2. The number of ether oxygens (including phenoxy) is 3. The second-order valence-corrected chi connectivity index (χ2v) is 33.0. The number of aryl methyl sites for hydroxylation is 5. The minimum absolute atomic E-state index is 0.122. The topological polar surface area (TPSA) is 146 Å². The number of halogens is 4. The number of nitrogens with one attached hydrogen (secondary N) is 4. The molecule has 0 spiro atoms. The summed E-state index contributed by atoms with van der Waals surface area (Å²) in [7, 11) is 1.58. The van der Waals surface area contributed by atoms with Gasteiger partial charge in [-0.2, -0.15) is 0 Å². The molecule has 126 heavy (non-hydrogen) atoms. The lowest BCUT2D eigenvalue weighted by Crippen LogP contribution is -2.56. The normalized spacial score (nSPS) is 14.9. The molecule has 20 heteroatoms. The quantitative estimate of drug-likeness (QED) is 0.0708. The van der Waals surface area contributed by atoms with Gasteiger partial charge in [-0.3, -0.25) is 4.49 Å². The molecule has 4 N–H and O–H groups in total. The van der Waals surface area contributed by atoms with Crippen LogP contribution < -0.4 is 35.6 Å². The van der Waals surface area contributed by atoms with Crippen molar-refractivity contribution in [2.45, 2.75) is 34.6 Å². The summed E-state index contributed by atoms with van der Waals surface area (Å²) in [6.07, 6.45) is 15.0. The van der Waals surface area contributed by atoms with Crippen LogP contribution in [0.1, 0.15) is 90.1 Å². The van der Waals surface area contributed by atoms with Crippen molar-refractivity contribution >= 4 is 99.9 Å². The molecule has 8 aromatic carbocycles. The average molecular weight is 1650 g/mol. The molecule has 7 aliphatic heterocycles.